The fraction of sp³-hybridized carbons (Fsp3) is 0.0217. The van der Waals surface area contributed by atoms with Crippen molar-refractivity contribution >= 4 is 43.1 Å². The number of hydrogen-bond acceptors (Lipinski definition) is 2. The number of hydrogen-bond donors (Lipinski definition) is 0. The third-order valence-corrected chi connectivity index (χ3v) is 11.9. The van der Waals surface area contributed by atoms with E-state index in [1.165, 1.54) is 81.2 Å². The molecule has 2 heterocycles. The molecule has 1 nitrogen and oxygen atoms in total. The Balaban J connectivity index is 1.19. The summed E-state index contributed by atoms with van der Waals surface area (Å²) < 4.78 is 1.34. The average Bonchev–Trinajstić information content (AvgIpc) is 3.78. The minimum Gasteiger partial charge on any atom is -0.248 e. The molecule has 0 atom stereocenters. The van der Waals surface area contributed by atoms with Crippen LogP contribution in [0.3, 0.4) is 0 Å². The molecule has 0 bridgehead atoms. The largest absolute Gasteiger partial charge is 0.248 e. The van der Waals surface area contributed by atoms with Gasteiger partial charge in [-0.25, -0.2) is 4.98 Å². The molecule has 0 unspecified atom stereocenters. The highest BCUT2D eigenvalue weighted by Gasteiger charge is 2.53. The van der Waals surface area contributed by atoms with Gasteiger partial charge in [0, 0.05) is 31.5 Å². The quantitative estimate of drug-likeness (QED) is 0.186. The van der Waals surface area contributed by atoms with Crippen LogP contribution in [-0.4, -0.2) is 4.98 Å². The van der Waals surface area contributed by atoms with E-state index >= 15 is 0 Å². The average molecular weight is 626 g/mol. The number of fused-ring (bicyclic) bond motifs is 14. The van der Waals surface area contributed by atoms with Gasteiger partial charge in [-0.2, -0.15) is 0 Å². The summed E-state index contributed by atoms with van der Waals surface area (Å²) in [5.74, 6) is 0. The first-order valence-corrected chi connectivity index (χ1v) is 17.4. The molecule has 2 aromatic heterocycles. The van der Waals surface area contributed by atoms with Gasteiger partial charge in [-0.15, -0.1) is 11.3 Å². The molecular weight excluding hydrogens is 599 g/mol. The van der Waals surface area contributed by atoms with Crippen molar-refractivity contribution in [2.75, 3.05) is 0 Å². The normalized spacial score (nSPS) is 13.6. The fourth-order valence-electron chi connectivity index (χ4n) is 8.63. The first kappa shape index (κ1) is 26.3. The van der Waals surface area contributed by atoms with Crippen molar-refractivity contribution in [3.05, 3.63) is 185 Å². The smallest absolute Gasteiger partial charge is 0.0819 e. The minimum absolute atomic E-state index is 0.340. The van der Waals surface area contributed by atoms with Crippen LogP contribution in [0.5, 0.6) is 0 Å². The molecule has 11 rings (SSSR count). The van der Waals surface area contributed by atoms with E-state index in [-0.39, 0.29) is 5.41 Å². The molecule has 2 heteroatoms. The molecule has 0 amide bonds. The van der Waals surface area contributed by atoms with Gasteiger partial charge in [0.1, 0.15) is 0 Å². The van der Waals surface area contributed by atoms with Crippen LogP contribution in [0.25, 0.3) is 76.4 Å². The molecule has 0 radical (unpaired) electrons. The fourth-order valence-corrected chi connectivity index (χ4v) is 10.1. The van der Waals surface area contributed by atoms with E-state index in [0.717, 1.165) is 16.8 Å². The molecule has 48 heavy (non-hydrogen) atoms. The summed E-state index contributed by atoms with van der Waals surface area (Å²) in [5, 5.41) is 5.00. The predicted octanol–water partition coefficient (Wildman–Crippen LogP) is 12.3. The Hall–Kier alpha value is -5.83. The molecule has 0 fully saturated rings. The van der Waals surface area contributed by atoms with Crippen LogP contribution in [0.2, 0.25) is 0 Å². The SMILES string of the molecule is c1ccc2c(c1)-c1ccccc1C21c2ccc(-c3cc(-c4ccc5ccccc5c4)c4ccccc4n3)cc2-c2c1sc1ccccc21. The first-order valence-electron chi connectivity index (χ1n) is 16.5. The minimum atomic E-state index is -0.340. The summed E-state index contributed by atoms with van der Waals surface area (Å²) in [6, 6.07) is 60.4. The lowest BCUT2D eigenvalue weighted by molar-refractivity contribution is 0.812. The zero-order chi connectivity index (χ0) is 31.4. The summed E-state index contributed by atoms with van der Waals surface area (Å²) in [5.41, 5.74) is 14.7. The third-order valence-electron chi connectivity index (χ3n) is 10.7. The Kier molecular flexibility index (Phi) is 5.25. The van der Waals surface area contributed by atoms with Gasteiger partial charge in [0.2, 0.25) is 0 Å². The molecule has 0 aliphatic heterocycles. The van der Waals surface area contributed by atoms with Gasteiger partial charge in [-0.1, -0.05) is 133 Å². The number of nitrogens with zero attached hydrogens (tertiary/aromatic N) is 1. The van der Waals surface area contributed by atoms with Crippen molar-refractivity contribution in [2.45, 2.75) is 5.41 Å². The lowest BCUT2D eigenvalue weighted by atomic mass is 9.73. The lowest BCUT2D eigenvalue weighted by Crippen LogP contribution is -2.24. The molecule has 0 saturated carbocycles. The molecular formula is C46H27NS. The predicted molar refractivity (Wildman–Crippen MR) is 202 cm³/mol. The number of benzene rings is 7. The molecule has 0 N–H and O–H groups in total. The summed E-state index contributed by atoms with van der Waals surface area (Å²) in [7, 11) is 0. The van der Waals surface area contributed by atoms with Crippen molar-refractivity contribution < 1.29 is 0 Å². The highest BCUT2D eigenvalue weighted by molar-refractivity contribution is 7.20. The zero-order valence-corrected chi connectivity index (χ0v) is 26.8. The lowest BCUT2D eigenvalue weighted by Gasteiger charge is -2.29. The maximum atomic E-state index is 5.29. The number of pyridine rings is 1. The first-order chi connectivity index (χ1) is 23.8. The number of rotatable bonds is 2. The summed E-state index contributed by atoms with van der Waals surface area (Å²) in [6.45, 7) is 0. The number of aromatic nitrogens is 1. The van der Waals surface area contributed by atoms with Crippen LogP contribution in [0.1, 0.15) is 21.6 Å². The van der Waals surface area contributed by atoms with Gasteiger partial charge in [0.15, 0.2) is 0 Å². The monoisotopic (exact) mass is 625 g/mol. The van der Waals surface area contributed by atoms with Gasteiger partial charge in [0.05, 0.1) is 16.6 Å². The van der Waals surface area contributed by atoms with E-state index in [0.29, 0.717) is 0 Å². The highest BCUT2D eigenvalue weighted by Crippen LogP contribution is 2.66. The van der Waals surface area contributed by atoms with E-state index in [4.69, 9.17) is 4.98 Å². The van der Waals surface area contributed by atoms with Crippen molar-refractivity contribution in [3.63, 3.8) is 0 Å². The van der Waals surface area contributed by atoms with Crippen molar-refractivity contribution in [3.8, 4) is 44.6 Å². The maximum absolute atomic E-state index is 5.29. The second-order valence-corrected chi connectivity index (χ2v) is 14.1. The van der Waals surface area contributed by atoms with E-state index in [1.54, 1.807) is 0 Å². The Morgan fingerprint density at radius 2 is 1.08 bits per heavy atom. The molecule has 222 valence electrons. The van der Waals surface area contributed by atoms with Gasteiger partial charge >= 0.3 is 0 Å². The van der Waals surface area contributed by atoms with Crippen molar-refractivity contribution in [2.24, 2.45) is 0 Å². The van der Waals surface area contributed by atoms with Crippen LogP contribution < -0.4 is 0 Å². The molecule has 1 spiro atoms. The maximum Gasteiger partial charge on any atom is 0.0819 e. The van der Waals surface area contributed by atoms with Crippen molar-refractivity contribution in [1.29, 1.82) is 0 Å². The van der Waals surface area contributed by atoms with Gasteiger partial charge < -0.3 is 0 Å². The van der Waals surface area contributed by atoms with E-state index < -0.39 is 0 Å². The Labute approximate surface area is 282 Å². The third kappa shape index (κ3) is 3.37. The van der Waals surface area contributed by atoms with E-state index in [1.807, 2.05) is 11.3 Å². The van der Waals surface area contributed by atoms with Crippen LogP contribution in [0.4, 0.5) is 0 Å². The Bertz CT molecular complexity index is 2760. The van der Waals surface area contributed by atoms with Crippen LogP contribution in [0, 0.1) is 0 Å². The highest BCUT2D eigenvalue weighted by atomic mass is 32.1. The topological polar surface area (TPSA) is 12.9 Å². The van der Waals surface area contributed by atoms with E-state index in [2.05, 4.69) is 164 Å². The number of thiophene rings is 1. The standard InChI is InChI=1S/C46H27NS/c1-2-12-29-25-30(22-21-28(29)11-1)36-27-42(47-41-19-9-5-15-34(36)41)31-23-24-40-37(26-31)44-35-16-6-10-20-43(35)48-45(44)46(40)38-17-7-3-13-32(38)33-14-4-8-18-39(33)46/h1-27H. The van der Waals surface area contributed by atoms with Crippen LogP contribution in [-0.2, 0) is 5.41 Å². The van der Waals surface area contributed by atoms with Crippen LogP contribution in [0.15, 0.2) is 164 Å². The second kappa shape index (κ2) is 9.60. The second-order valence-electron chi connectivity index (χ2n) is 13.0. The summed E-state index contributed by atoms with van der Waals surface area (Å²) in [4.78, 5) is 6.72. The van der Waals surface area contributed by atoms with Crippen molar-refractivity contribution in [1.82, 2.24) is 4.98 Å². The summed E-state index contributed by atoms with van der Waals surface area (Å²) in [6.07, 6.45) is 0. The zero-order valence-electron chi connectivity index (χ0n) is 25.9. The van der Waals surface area contributed by atoms with Gasteiger partial charge in [-0.3, -0.25) is 0 Å². The Morgan fingerprint density at radius 1 is 0.438 bits per heavy atom. The molecule has 9 aromatic rings. The number of para-hydroxylation sites is 1. The summed E-state index contributed by atoms with van der Waals surface area (Å²) >= 11 is 1.95. The molecule has 0 saturated heterocycles. The van der Waals surface area contributed by atoms with E-state index in [9.17, 15) is 0 Å². The molecule has 7 aromatic carbocycles. The Morgan fingerprint density at radius 3 is 1.92 bits per heavy atom. The molecule has 2 aliphatic carbocycles. The molecule has 2 aliphatic rings. The van der Waals surface area contributed by atoms with Gasteiger partial charge in [-0.05, 0) is 85.6 Å². The van der Waals surface area contributed by atoms with Crippen LogP contribution >= 0.6 is 11.3 Å². The van der Waals surface area contributed by atoms with Gasteiger partial charge in [0.25, 0.3) is 0 Å².